The van der Waals surface area contributed by atoms with Gasteiger partial charge in [-0.3, -0.25) is 9.59 Å². The van der Waals surface area contributed by atoms with Gasteiger partial charge in [0, 0.05) is 12.0 Å². The minimum atomic E-state index is -1.35. The number of carboxylic acid groups (broad SMARTS) is 1. The Balaban J connectivity index is 2.74. The summed E-state index contributed by atoms with van der Waals surface area (Å²) in [5.41, 5.74) is -0.224. The first-order chi connectivity index (χ1) is 9.85. The molecule has 0 spiro atoms. The van der Waals surface area contributed by atoms with Crippen LogP contribution in [0.5, 0.6) is 0 Å². The number of benzene rings is 1. The Labute approximate surface area is 118 Å². The Morgan fingerprint density at radius 3 is 2.48 bits per heavy atom. The summed E-state index contributed by atoms with van der Waals surface area (Å²) in [5.74, 6) is -5.19. The monoisotopic (exact) mass is 301 g/mol. The molecule has 0 bridgehead atoms. The first-order valence-corrected chi connectivity index (χ1v) is 5.90. The maximum Gasteiger partial charge on any atom is 0.326 e. The number of ether oxygens (including phenoxy) is 1. The molecule has 114 valence electrons. The highest BCUT2D eigenvalue weighted by atomic mass is 19.2. The normalized spacial score (nSPS) is 11.6. The molecule has 0 saturated carbocycles. The van der Waals surface area contributed by atoms with Gasteiger partial charge in [-0.05, 0) is 24.6 Å². The molecule has 1 atom stereocenters. The summed E-state index contributed by atoms with van der Waals surface area (Å²) >= 11 is 0. The molecule has 0 fully saturated rings. The molecule has 1 aromatic carbocycles. The lowest BCUT2D eigenvalue weighted by Gasteiger charge is -2.14. The second kappa shape index (κ2) is 7.32. The predicted octanol–water partition coefficient (Wildman–Crippen LogP) is 1.10. The van der Waals surface area contributed by atoms with Crippen LogP contribution in [0.4, 0.5) is 8.78 Å². The summed E-state index contributed by atoms with van der Waals surface area (Å²) in [5, 5.41) is 11.1. The molecule has 6 nitrogen and oxygen atoms in total. The Morgan fingerprint density at radius 1 is 1.29 bits per heavy atom. The zero-order valence-corrected chi connectivity index (χ0v) is 11.1. The van der Waals surface area contributed by atoms with Crippen molar-refractivity contribution in [2.24, 2.45) is 0 Å². The molecule has 21 heavy (non-hydrogen) atoms. The van der Waals surface area contributed by atoms with Crippen molar-refractivity contribution in [3.05, 3.63) is 35.4 Å². The average molecular weight is 301 g/mol. The minimum Gasteiger partial charge on any atom is -0.480 e. The smallest absolute Gasteiger partial charge is 0.326 e. The van der Waals surface area contributed by atoms with Crippen LogP contribution in [-0.4, -0.2) is 36.1 Å². The highest BCUT2D eigenvalue weighted by Crippen LogP contribution is 2.09. The number of hydrogen-bond donors (Lipinski definition) is 2. The number of nitrogens with one attached hydrogen (secondary N) is 1. The van der Waals surface area contributed by atoms with E-state index < -0.39 is 35.5 Å². The molecule has 0 saturated heterocycles. The van der Waals surface area contributed by atoms with E-state index in [9.17, 15) is 23.2 Å². The molecule has 1 aromatic rings. The SMILES string of the molecule is COC(=O)CC[C@H](NC(=O)c1ccc(F)c(F)c1)C(=O)O. The van der Waals surface area contributed by atoms with Crippen LogP contribution in [0.1, 0.15) is 23.2 Å². The average Bonchev–Trinajstić information content (AvgIpc) is 2.45. The number of amides is 1. The fourth-order valence-electron chi connectivity index (χ4n) is 1.50. The Morgan fingerprint density at radius 2 is 1.95 bits per heavy atom. The number of hydrogen-bond acceptors (Lipinski definition) is 4. The molecule has 1 rings (SSSR count). The summed E-state index contributed by atoms with van der Waals surface area (Å²) in [7, 11) is 1.15. The van der Waals surface area contributed by atoms with E-state index in [0.29, 0.717) is 6.07 Å². The quantitative estimate of drug-likeness (QED) is 0.768. The van der Waals surface area contributed by atoms with Gasteiger partial charge in [0.15, 0.2) is 11.6 Å². The van der Waals surface area contributed by atoms with Crippen molar-refractivity contribution in [3.8, 4) is 0 Å². The van der Waals surface area contributed by atoms with E-state index in [1.54, 1.807) is 0 Å². The number of rotatable bonds is 6. The number of halogens is 2. The Hall–Kier alpha value is -2.51. The van der Waals surface area contributed by atoms with Crippen LogP contribution in [0.2, 0.25) is 0 Å². The van der Waals surface area contributed by atoms with Gasteiger partial charge in [-0.15, -0.1) is 0 Å². The molecule has 1 amide bonds. The van der Waals surface area contributed by atoms with Crippen molar-refractivity contribution in [3.63, 3.8) is 0 Å². The first-order valence-electron chi connectivity index (χ1n) is 5.90. The van der Waals surface area contributed by atoms with Gasteiger partial charge in [-0.2, -0.15) is 0 Å². The summed E-state index contributed by atoms with van der Waals surface area (Å²) in [4.78, 5) is 33.7. The molecule has 0 aliphatic carbocycles. The lowest BCUT2D eigenvalue weighted by Crippen LogP contribution is -2.41. The number of carboxylic acids is 1. The van der Waals surface area contributed by atoms with Crippen LogP contribution in [0.25, 0.3) is 0 Å². The highest BCUT2D eigenvalue weighted by Gasteiger charge is 2.22. The predicted molar refractivity (Wildman–Crippen MR) is 66.5 cm³/mol. The third-order valence-corrected chi connectivity index (χ3v) is 2.65. The van der Waals surface area contributed by atoms with E-state index in [2.05, 4.69) is 10.1 Å². The van der Waals surface area contributed by atoms with Gasteiger partial charge in [0.2, 0.25) is 0 Å². The molecule has 0 unspecified atom stereocenters. The fraction of sp³-hybridized carbons (Fsp3) is 0.308. The molecule has 0 aromatic heterocycles. The van der Waals surface area contributed by atoms with Gasteiger partial charge >= 0.3 is 11.9 Å². The van der Waals surface area contributed by atoms with E-state index in [0.717, 1.165) is 19.2 Å². The van der Waals surface area contributed by atoms with Crippen molar-refractivity contribution in [1.82, 2.24) is 5.32 Å². The van der Waals surface area contributed by atoms with Crippen LogP contribution in [-0.2, 0) is 14.3 Å². The number of esters is 1. The Kier molecular flexibility index (Phi) is 5.77. The zero-order chi connectivity index (χ0) is 16.0. The summed E-state index contributed by atoms with van der Waals surface area (Å²) in [6, 6.07) is 1.09. The summed E-state index contributed by atoms with van der Waals surface area (Å²) in [6.45, 7) is 0. The molecule has 0 radical (unpaired) electrons. The van der Waals surface area contributed by atoms with Crippen LogP contribution in [0.3, 0.4) is 0 Å². The second-order valence-corrected chi connectivity index (χ2v) is 4.11. The fourth-order valence-corrected chi connectivity index (χ4v) is 1.50. The number of carbonyl (C=O) groups is 3. The molecular weight excluding hydrogens is 288 g/mol. The van der Waals surface area contributed by atoms with E-state index in [4.69, 9.17) is 5.11 Å². The third-order valence-electron chi connectivity index (χ3n) is 2.65. The van der Waals surface area contributed by atoms with Crippen molar-refractivity contribution in [2.75, 3.05) is 7.11 Å². The topological polar surface area (TPSA) is 92.7 Å². The standard InChI is InChI=1S/C13H13F2NO5/c1-21-11(17)5-4-10(13(19)20)16-12(18)7-2-3-8(14)9(15)6-7/h2-3,6,10H,4-5H2,1H3,(H,16,18)(H,19,20)/t10-/m0/s1. The molecule has 8 heteroatoms. The zero-order valence-electron chi connectivity index (χ0n) is 11.1. The van der Waals surface area contributed by atoms with Gasteiger partial charge in [0.25, 0.3) is 5.91 Å². The number of aliphatic carboxylic acids is 1. The van der Waals surface area contributed by atoms with Gasteiger partial charge in [0.05, 0.1) is 7.11 Å². The van der Waals surface area contributed by atoms with E-state index in [1.807, 2.05) is 0 Å². The number of methoxy groups -OCH3 is 1. The minimum absolute atomic E-state index is 0.183. The lowest BCUT2D eigenvalue weighted by molar-refractivity contribution is -0.142. The summed E-state index contributed by atoms with van der Waals surface area (Å²) < 4.78 is 30.1. The highest BCUT2D eigenvalue weighted by molar-refractivity contribution is 5.96. The maximum absolute atomic E-state index is 13.0. The van der Waals surface area contributed by atoms with Crippen molar-refractivity contribution >= 4 is 17.8 Å². The van der Waals surface area contributed by atoms with Crippen molar-refractivity contribution < 1.29 is 33.0 Å². The molecule has 2 N–H and O–H groups in total. The molecular formula is C13H13F2NO5. The van der Waals surface area contributed by atoms with Gasteiger partial charge in [0.1, 0.15) is 6.04 Å². The second-order valence-electron chi connectivity index (χ2n) is 4.11. The molecule has 0 aliphatic heterocycles. The largest absolute Gasteiger partial charge is 0.480 e. The van der Waals surface area contributed by atoms with Crippen LogP contribution in [0.15, 0.2) is 18.2 Å². The maximum atomic E-state index is 13.0. The van der Waals surface area contributed by atoms with Crippen LogP contribution >= 0.6 is 0 Å². The van der Waals surface area contributed by atoms with Crippen LogP contribution < -0.4 is 5.32 Å². The van der Waals surface area contributed by atoms with Gasteiger partial charge < -0.3 is 15.2 Å². The molecule has 0 aliphatic rings. The van der Waals surface area contributed by atoms with Gasteiger partial charge in [-0.1, -0.05) is 0 Å². The van der Waals surface area contributed by atoms with Crippen molar-refractivity contribution in [1.29, 1.82) is 0 Å². The van der Waals surface area contributed by atoms with Gasteiger partial charge in [-0.25, -0.2) is 13.6 Å². The van der Waals surface area contributed by atoms with E-state index in [1.165, 1.54) is 0 Å². The Bertz CT molecular complexity index is 561. The number of carbonyl (C=O) groups excluding carboxylic acids is 2. The third kappa shape index (κ3) is 4.83. The van der Waals surface area contributed by atoms with Crippen molar-refractivity contribution in [2.45, 2.75) is 18.9 Å². The molecule has 0 heterocycles. The lowest BCUT2D eigenvalue weighted by atomic mass is 10.1. The van der Waals surface area contributed by atoms with E-state index in [-0.39, 0.29) is 18.4 Å². The van der Waals surface area contributed by atoms with Crippen LogP contribution in [0, 0.1) is 11.6 Å². The first kappa shape index (κ1) is 16.5. The van der Waals surface area contributed by atoms with E-state index >= 15 is 0 Å². The summed E-state index contributed by atoms with van der Waals surface area (Å²) in [6.07, 6.45) is -0.386.